The average Bonchev–Trinajstić information content (AvgIpc) is 1.38. The normalized spacial score (nSPS) is 9.60. The van der Waals surface area contributed by atoms with Gasteiger partial charge in [-0.25, -0.2) is 4.39 Å². The Balaban J connectivity index is 2.54. The molecule has 0 fully saturated rings. The van der Waals surface area contributed by atoms with Crippen molar-refractivity contribution in [3.63, 3.8) is 0 Å². The lowest BCUT2D eigenvalue weighted by Crippen LogP contribution is -1.81. The van der Waals surface area contributed by atoms with Gasteiger partial charge in [-0.2, -0.15) is 0 Å². The molecule has 32 valence electrons. The molecule has 0 saturated heterocycles. The summed E-state index contributed by atoms with van der Waals surface area (Å²) in [5.74, 6) is 0. The number of halogens is 3. The predicted octanol–water partition coefficient (Wildman–Crippen LogP) is 2.15. The zero-order chi connectivity index (χ0) is 4.28. The minimum atomic E-state index is -0.221. The van der Waals surface area contributed by atoms with E-state index in [2.05, 4.69) is 0 Å². The molecule has 0 aromatic carbocycles. The first-order valence-corrected chi connectivity index (χ1v) is 3.60. The highest BCUT2D eigenvalue weighted by Crippen LogP contribution is 2.08. The standard InChI is InChI=1S/C2H3FI2/c3-1-2(4)5/h2H,1H2. The van der Waals surface area contributed by atoms with Gasteiger partial charge in [-0.05, 0) is 0 Å². The van der Waals surface area contributed by atoms with Crippen molar-refractivity contribution in [2.75, 3.05) is 6.67 Å². The van der Waals surface area contributed by atoms with E-state index in [1.54, 1.807) is 0 Å². The smallest absolute Gasteiger partial charge is 0.110 e. The van der Waals surface area contributed by atoms with Crippen molar-refractivity contribution in [2.24, 2.45) is 0 Å². The third-order valence-corrected chi connectivity index (χ3v) is 0.782. The number of hydrogen-bond donors (Lipinski definition) is 0. The van der Waals surface area contributed by atoms with Gasteiger partial charge in [0.2, 0.25) is 0 Å². The maximum absolute atomic E-state index is 11.1. The lowest BCUT2D eigenvalue weighted by atomic mass is 10.9. The Bertz CT molecular complexity index is 21.6. The maximum Gasteiger partial charge on any atom is 0.110 e. The molecule has 3 heteroatoms. The molecule has 0 spiro atoms. The SMILES string of the molecule is FCC(I)I. The van der Waals surface area contributed by atoms with Crippen molar-refractivity contribution in [2.45, 2.75) is 1.93 Å². The number of alkyl halides is 3. The van der Waals surface area contributed by atoms with Gasteiger partial charge < -0.3 is 0 Å². The van der Waals surface area contributed by atoms with E-state index in [-0.39, 0.29) is 8.61 Å². The Labute approximate surface area is 57.8 Å². The van der Waals surface area contributed by atoms with Gasteiger partial charge in [-0.3, -0.25) is 0 Å². The molecule has 0 radical (unpaired) electrons. The minimum Gasteiger partial charge on any atom is -0.249 e. The van der Waals surface area contributed by atoms with Gasteiger partial charge >= 0.3 is 0 Å². The third-order valence-electron chi connectivity index (χ3n) is 0.117. The van der Waals surface area contributed by atoms with Crippen LogP contribution in [0.1, 0.15) is 0 Å². The molecule has 0 saturated carbocycles. The largest absolute Gasteiger partial charge is 0.249 e. The van der Waals surface area contributed by atoms with E-state index in [0.717, 1.165) is 0 Å². The molecule has 0 atom stereocenters. The Kier molecular flexibility index (Phi) is 4.57. The molecular formula is C2H3FI2. The molecule has 0 nitrogen and oxygen atoms in total. The second-order valence-electron chi connectivity index (χ2n) is 0.545. The quantitative estimate of drug-likeness (QED) is 0.514. The summed E-state index contributed by atoms with van der Waals surface area (Å²) in [4.78, 5) is 0. The molecular weight excluding hydrogens is 297 g/mol. The molecule has 0 heterocycles. The number of rotatable bonds is 1. The van der Waals surface area contributed by atoms with E-state index in [4.69, 9.17) is 0 Å². The van der Waals surface area contributed by atoms with E-state index < -0.39 is 0 Å². The van der Waals surface area contributed by atoms with E-state index in [1.807, 2.05) is 45.2 Å². The average molecular weight is 300 g/mol. The monoisotopic (exact) mass is 300 g/mol. The van der Waals surface area contributed by atoms with Crippen LogP contribution in [0, 0.1) is 0 Å². The molecule has 0 aliphatic rings. The molecule has 0 amide bonds. The van der Waals surface area contributed by atoms with Gasteiger partial charge in [-0.15, -0.1) is 0 Å². The maximum atomic E-state index is 11.1. The van der Waals surface area contributed by atoms with Crippen molar-refractivity contribution >= 4 is 45.2 Å². The van der Waals surface area contributed by atoms with Crippen LogP contribution in [0.15, 0.2) is 0 Å². The van der Waals surface area contributed by atoms with Crippen LogP contribution >= 0.6 is 45.2 Å². The van der Waals surface area contributed by atoms with Gasteiger partial charge in [0.1, 0.15) is 6.67 Å². The van der Waals surface area contributed by atoms with Gasteiger partial charge in [0, 0.05) is 0 Å². The zero-order valence-electron chi connectivity index (χ0n) is 2.42. The van der Waals surface area contributed by atoms with Crippen LogP contribution in [-0.4, -0.2) is 8.61 Å². The Morgan fingerprint density at radius 1 is 1.60 bits per heavy atom. The highest BCUT2D eigenvalue weighted by molar-refractivity contribution is 14.2. The van der Waals surface area contributed by atoms with E-state index in [9.17, 15) is 4.39 Å². The van der Waals surface area contributed by atoms with E-state index in [1.165, 1.54) is 0 Å². The summed E-state index contributed by atoms with van der Waals surface area (Å²) in [6.07, 6.45) is 0. The first kappa shape index (κ1) is 6.39. The Morgan fingerprint density at radius 2 is 1.80 bits per heavy atom. The van der Waals surface area contributed by atoms with Crippen LogP contribution in [0.3, 0.4) is 0 Å². The summed E-state index contributed by atoms with van der Waals surface area (Å²) in [5.41, 5.74) is 0. The van der Waals surface area contributed by atoms with Crippen LogP contribution < -0.4 is 0 Å². The summed E-state index contributed by atoms with van der Waals surface area (Å²) in [6, 6.07) is 0. The fourth-order valence-electron chi connectivity index (χ4n) is 0. The highest BCUT2D eigenvalue weighted by Gasteiger charge is 1.88. The summed E-state index contributed by atoms with van der Waals surface area (Å²) >= 11 is 4.04. The predicted molar refractivity (Wildman–Crippen MR) is 37.8 cm³/mol. The molecule has 0 rings (SSSR count). The second-order valence-corrected chi connectivity index (χ2v) is 5.94. The zero-order valence-corrected chi connectivity index (χ0v) is 6.73. The topological polar surface area (TPSA) is 0 Å². The van der Waals surface area contributed by atoms with Gasteiger partial charge in [0.05, 0.1) is 1.93 Å². The Morgan fingerprint density at radius 3 is 1.80 bits per heavy atom. The molecule has 5 heavy (non-hydrogen) atoms. The molecule has 0 N–H and O–H groups in total. The first-order valence-electron chi connectivity index (χ1n) is 1.11. The van der Waals surface area contributed by atoms with Crippen LogP contribution in [0.2, 0.25) is 0 Å². The molecule has 0 aromatic heterocycles. The van der Waals surface area contributed by atoms with E-state index >= 15 is 0 Å². The summed E-state index contributed by atoms with van der Waals surface area (Å²) in [7, 11) is 0. The summed E-state index contributed by atoms with van der Waals surface area (Å²) in [6.45, 7) is -0.221. The lowest BCUT2D eigenvalue weighted by Gasteiger charge is -1.82. The fraction of sp³-hybridized carbons (Fsp3) is 1.00. The van der Waals surface area contributed by atoms with Gasteiger partial charge in [0.15, 0.2) is 0 Å². The van der Waals surface area contributed by atoms with Crippen molar-refractivity contribution in [1.82, 2.24) is 0 Å². The molecule has 0 aromatic rings. The molecule has 0 aliphatic carbocycles. The minimum absolute atomic E-state index is 0.158. The van der Waals surface area contributed by atoms with Crippen molar-refractivity contribution in [1.29, 1.82) is 0 Å². The van der Waals surface area contributed by atoms with Crippen LogP contribution in [0.4, 0.5) is 4.39 Å². The van der Waals surface area contributed by atoms with Crippen LogP contribution in [0.5, 0.6) is 0 Å². The third kappa shape index (κ3) is 5.39. The van der Waals surface area contributed by atoms with E-state index in [0.29, 0.717) is 0 Å². The molecule has 0 aliphatic heterocycles. The summed E-state index contributed by atoms with van der Waals surface area (Å²) in [5, 5.41) is 0. The highest BCUT2D eigenvalue weighted by atomic mass is 127. The van der Waals surface area contributed by atoms with Gasteiger partial charge in [0.25, 0.3) is 0 Å². The first-order chi connectivity index (χ1) is 2.27. The van der Waals surface area contributed by atoms with Gasteiger partial charge in [-0.1, -0.05) is 45.2 Å². The van der Waals surface area contributed by atoms with Crippen molar-refractivity contribution in [3.05, 3.63) is 0 Å². The molecule has 0 bridgehead atoms. The van der Waals surface area contributed by atoms with Crippen LogP contribution in [-0.2, 0) is 0 Å². The fourth-order valence-corrected chi connectivity index (χ4v) is 0. The van der Waals surface area contributed by atoms with Crippen molar-refractivity contribution < 1.29 is 4.39 Å². The second kappa shape index (κ2) is 3.58. The summed E-state index contributed by atoms with van der Waals surface area (Å²) < 4.78 is 11.3. The van der Waals surface area contributed by atoms with Crippen molar-refractivity contribution in [3.8, 4) is 0 Å². The molecule has 0 unspecified atom stereocenters. The lowest BCUT2D eigenvalue weighted by molar-refractivity contribution is 0.532. The Hall–Kier alpha value is 1.39. The number of hydrogen-bond acceptors (Lipinski definition) is 0. The van der Waals surface area contributed by atoms with Crippen LogP contribution in [0.25, 0.3) is 0 Å².